The predicted octanol–water partition coefficient (Wildman–Crippen LogP) is 1.89. The first-order valence-corrected chi connectivity index (χ1v) is 5.46. The maximum absolute atomic E-state index is 12.8. The van der Waals surface area contributed by atoms with Gasteiger partial charge in [-0.2, -0.15) is 13.2 Å². The van der Waals surface area contributed by atoms with Crippen LogP contribution in [0.15, 0.2) is 18.2 Å². The van der Waals surface area contributed by atoms with Gasteiger partial charge in [-0.3, -0.25) is 0 Å². The molecule has 0 aliphatic rings. The number of alkyl halides is 3. The van der Waals surface area contributed by atoms with Gasteiger partial charge in [-0.05, 0) is 17.7 Å². The van der Waals surface area contributed by atoms with Crippen molar-refractivity contribution in [2.75, 3.05) is 0 Å². The molecule has 0 saturated heterocycles. The van der Waals surface area contributed by atoms with Gasteiger partial charge >= 0.3 is 6.18 Å². The van der Waals surface area contributed by atoms with Crippen LogP contribution < -0.4 is 0 Å². The van der Waals surface area contributed by atoms with E-state index in [-0.39, 0.29) is 0 Å². The normalized spacial score (nSPS) is 12.8. The lowest BCUT2D eigenvalue weighted by Gasteiger charge is -2.11. The molecule has 16 heavy (non-hydrogen) atoms. The molecule has 0 bridgehead atoms. The zero-order chi connectivity index (χ0) is 12.6. The fraction of sp³-hybridized carbons (Fsp3) is 0.250. The second-order valence-corrected chi connectivity index (χ2v) is 4.42. The molecule has 0 saturated carbocycles. The van der Waals surface area contributed by atoms with Crippen molar-refractivity contribution >= 4 is 10.1 Å². The Balaban J connectivity index is 3.18. The van der Waals surface area contributed by atoms with Crippen molar-refractivity contribution < 1.29 is 30.5 Å². The molecule has 0 amide bonds. The first-order chi connectivity index (χ1) is 7.09. The highest BCUT2D eigenvalue weighted by Crippen LogP contribution is 2.32. The minimum atomic E-state index is -4.92. The maximum Gasteiger partial charge on any atom is 0.419 e. The van der Waals surface area contributed by atoms with Crippen LogP contribution in [0.2, 0.25) is 0 Å². The first kappa shape index (κ1) is 12.9. The van der Waals surface area contributed by atoms with Gasteiger partial charge in [-0.1, -0.05) is 6.07 Å². The average molecular weight is 257 g/mol. The number of hydrogen-bond acceptors (Lipinski definition) is 3. The standard InChI is InChI=1S/C8H6F4O3S/c9-7-2-1-5(4-16(13,14)15)3-6(7)8(10,11)12/h1-3H,4H2,(H,13,14,15)/p-1. The molecule has 1 aromatic rings. The fourth-order valence-electron chi connectivity index (χ4n) is 1.08. The van der Waals surface area contributed by atoms with Crippen molar-refractivity contribution in [3.05, 3.63) is 35.1 Å². The SMILES string of the molecule is O=S(=O)([O-])Cc1ccc(F)c(C(F)(F)F)c1. The Bertz CT molecular complexity index is 492. The molecule has 0 aliphatic carbocycles. The van der Waals surface area contributed by atoms with Gasteiger partial charge in [0.25, 0.3) is 0 Å². The largest absolute Gasteiger partial charge is 0.748 e. The quantitative estimate of drug-likeness (QED) is 0.600. The van der Waals surface area contributed by atoms with E-state index in [0.717, 1.165) is 6.07 Å². The van der Waals surface area contributed by atoms with Crippen LogP contribution in [0.4, 0.5) is 17.6 Å². The van der Waals surface area contributed by atoms with Gasteiger partial charge in [0.1, 0.15) is 5.82 Å². The number of benzene rings is 1. The number of hydrogen-bond donors (Lipinski definition) is 0. The number of rotatable bonds is 2. The Kier molecular flexibility index (Phi) is 3.25. The summed E-state index contributed by atoms with van der Waals surface area (Å²) in [5.74, 6) is -2.62. The molecule has 0 atom stereocenters. The summed E-state index contributed by atoms with van der Waals surface area (Å²) < 4.78 is 80.3. The molecule has 3 nitrogen and oxygen atoms in total. The van der Waals surface area contributed by atoms with Crippen molar-refractivity contribution in [1.29, 1.82) is 0 Å². The second-order valence-electron chi connectivity index (χ2n) is 3.01. The van der Waals surface area contributed by atoms with Crippen LogP contribution in [0.1, 0.15) is 11.1 Å². The van der Waals surface area contributed by atoms with E-state index in [2.05, 4.69) is 0 Å². The Morgan fingerprint density at radius 3 is 2.25 bits per heavy atom. The molecule has 0 unspecified atom stereocenters. The Morgan fingerprint density at radius 2 is 1.81 bits per heavy atom. The van der Waals surface area contributed by atoms with Gasteiger partial charge in [0.2, 0.25) is 0 Å². The van der Waals surface area contributed by atoms with E-state index in [9.17, 15) is 30.5 Å². The molecule has 0 aromatic heterocycles. The summed E-state index contributed by atoms with van der Waals surface area (Å²) >= 11 is 0. The van der Waals surface area contributed by atoms with Crippen molar-refractivity contribution in [2.45, 2.75) is 11.9 Å². The fourth-order valence-corrected chi connectivity index (χ4v) is 1.67. The molecular formula is C8H5F4O3S-. The Hall–Kier alpha value is -1.15. The van der Waals surface area contributed by atoms with Crippen LogP contribution in [-0.2, 0) is 22.0 Å². The number of halogens is 4. The van der Waals surface area contributed by atoms with Gasteiger partial charge < -0.3 is 4.55 Å². The van der Waals surface area contributed by atoms with Crippen LogP contribution in [-0.4, -0.2) is 13.0 Å². The molecule has 1 aromatic carbocycles. The summed E-state index contributed by atoms with van der Waals surface area (Å²) in [6, 6.07) is 1.61. The molecule has 0 radical (unpaired) electrons. The van der Waals surface area contributed by atoms with Gasteiger partial charge in [-0.15, -0.1) is 0 Å². The zero-order valence-corrected chi connectivity index (χ0v) is 8.40. The molecule has 0 fully saturated rings. The Morgan fingerprint density at radius 1 is 1.25 bits per heavy atom. The maximum atomic E-state index is 12.8. The van der Waals surface area contributed by atoms with E-state index in [1.807, 2.05) is 0 Å². The third kappa shape index (κ3) is 3.46. The van der Waals surface area contributed by atoms with Crippen molar-refractivity contribution in [1.82, 2.24) is 0 Å². The summed E-state index contributed by atoms with van der Waals surface area (Å²) in [4.78, 5) is 0. The van der Waals surface area contributed by atoms with Crippen molar-refractivity contribution in [3.63, 3.8) is 0 Å². The third-order valence-electron chi connectivity index (χ3n) is 1.68. The van der Waals surface area contributed by atoms with Crippen LogP contribution >= 0.6 is 0 Å². The molecule has 0 aliphatic heterocycles. The topological polar surface area (TPSA) is 57.2 Å². The summed E-state index contributed by atoms with van der Waals surface area (Å²) in [6.45, 7) is 0. The minimum absolute atomic E-state index is 0.310. The minimum Gasteiger partial charge on any atom is -0.748 e. The van der Waals surface area contributed by atoms with E-state index in [4.69, 9.17) is 0 Å². The van der Waals surface area contributed by atoms with Crippen LogP contribution in [0.3, 0.4) is 0 Å². The lowest BCUT2D eigenvalue weighted by atomic mass is 10.1. The van der Waals surface area contributed by atoms with Crippen molar-refractivity contribution in [3.8, 4) is 0 Å². The van der Waals surface area contributed by atoms with E-state index in [1.54, 1.807) is 0 Å². The molecule has 0 heterocycles. The zero-order valence-electron chi connectivity index (χ0n) is 7.58. The monoisotopic (exact) mass is 257 g/mol. The van der Waals surface area contributed by atoms with E-state index in [0.29, 0.717) is 12.1 Å². The van der Waals surface area contributed by atoms with Gasteiger partial charge in [0.15, 0.2) is 0 Å². The summed E-state index contributed by atoms with van der Waals surface area (Å²) in [6.07, 6.45) is -4.92. The highest BCUT2D eigenvalue weighted by molar-refractivity contribution is 7.84. The summed E-state index contributed by atoms with van der Waals surface area (Å²) in [7, 11) is -4.69. The molecule has 90 valence electrons. The van der Waals surface area contributed by atoms with E-state index >= 15 is 0 Å². The van der Waals surface area contributed by atoms with E-state index < -0.39 is 39.0 Å². The molecule has 0 spiro atoms. The van der Waals surface area contributed by atoms with Crippen LogP contribution in [0, 0.1) is 5.82 Å². The van der Waals surface area contributed by atoms with Crippen molar-refractivity contribution in [2.24, 2.45) is 0 Å². The summed E-state index contributed by atoms with van der Waals surface area (Å²) in [5.41, 5.74) is -1.99. The van der Waals surface area contributed by atoms with Gasteiger partial charge in [0.05, 0.1) is 21.4 Å². The average Bonchev–Trinajstić information content (AvgIpc) is 2.04. The third-order valence-corrected chi connectivity index (χ3v) is 2.37. The molecule has 8 heteroatoms. The predicted molar refractivity (Wildman–Crippen MR) is 44.8 cm³/mol. The molecule has 1 rings (SSSR count). The second kappa shape index (κ2) is 4.02. The first-order valence-electron chi connectivity index (χ1n) is 3.89. The van der Waals surface area contributed by atoms with Crippen LogP contribution in [0.5, 0.6) is 0 Å². The van der Waals surface area contributed by atoms with Gasteiger partial charge in [-0.25, -0.2) is 12.8 Å². The lowest BCUT2D eigenvalue weighted by molar-refractivity contribution is -0.140. The highest BCUT2D eigenvalue weighted by atomic mass is 32.2. The molecule has 0 N–H and O–H groups in total. The Labute approximate surface area is 88.5 Å². The summed E-state index contributed by atoms with van der Waals surface area (Å²) in [5, 5.41) is 0. The highest BCUT2D eigenvalue weighted by Gasteiger charge is 2.34. The molecular weight excluding hydrogens is 252 g/mol. The smallest absolute Gasteiger partial charge is 0.419 e. The van der Waals surface area contributed by atoms with Crippen LogP contribution in [0.25, 0.3) is 0 Å². The lowest BCUT2D eigenvalue weighted by Crippen LogP contribution is -2.10. The van der Waals surface area contributed by atoms with Gasteiger partial charge in [0, 0.05) is 0 Å². The van der Waals surface area contributed by atoms with E-state index in [1.165, 1.54) is 0 Å².